The summed E-state index contributed by atoms with van der Waals surface area (Å²) in [6, 6.07) is 17.0. The van der Waals surface area contributed by atoms with Gasteiger partial charge in [-0.3, -0.25) is 4.98 Å². The zero-order valence-corrected chi connectivity index (χ0v) is 10.8. The van der Waals surface area contributed by atoms with Gasteiger partial charge in [0.2, 0.25) is 0 Å². The number of hydrogen-bond donors (Lipinski definition) is 0. The molecule has 0 unspecified atom stereocenters. The maximum Gasteiger partial charge on any atom is 0.126 e. The molecule has 0 fully saturated rings. The Hall–Kier alpha value is -1.44. The molecule has 0 aliphatic heterocycles. The minimum Gasteiger partial charge on any atom is -0.316 e. The van der Waals surface area contributed by atoms with Crippen molar-refractivity contribution in [2.45, 2.75) is 0 Å². The van der Waals surface area contributed by atoms with Crippen molar-refractivity contribution < 1.29 is 20.1 Å². The van der Waals surface area contributed by atoms with Crippen LogP contribution in [0.3, 0.4) is 0 Å². The number of aromatic nitrogens is 2. The second kappa shape index (κ2) is 4.60. The Morgan fingerprint density at radius 2 is 1.94 bits per heavy atom. The van der Waals surface area contributed by atoms with Gasteiger partial charge in [-0.05, 0) is 18.3 Å². The average molecular weight is 385 g/mol. The molecule has 3 heteroatoms. The van der Waals surface area contributed by atoms with E-state index in [0.29, 0.717) is 0 Å². The monoisotopic (exact) mass is 386 g/mol. The van der Waals surface area contributed by atoms with Gasteiger partial charge in [0.05, 0.1) is 0 Å². The van der Waals surface area contributed by atoms with Gasteiger partial charge in [0.25, 0.3) is 0 Å². The van der Waals surface area contributed by atoms with Gasteiger partial charge in [0, 0.05) is 32.0 Å². The van der Waals surface area contributed by atoms with Crippen LogP contribution in [0.5, 0.6) is 0 Å². The summed E-state index contributed by atoms with van der Waals surface area (Å²) < 4.78 is 2.01. The molecule has 0 bridgehead atoms. The molecule has 0 aliphatic rings. The van der Waals surface area contributed by atoms with Gasteiger partial charge < -0.3 is 4.40 Å². The molecular formula is C13H9IrN2-. The molecule has 16 heavy (non-hydrogen) atoms. The molecule has 0 amide bonds. The Morgan fingerprint density at radius 1 is 1.06 bits per heavy atom. The van der Waals surface area contributed by atoms with Gasteiger partial charge in [-0.25, -0.2) is 0 Å². The minimum absolute atomic E-state index is 0. The smallest absolute Gasteiger partial charge is 0.126 e. The summed E-state index contributed by atoms with van der Waals surface area (Å²) in [5, 5.41) is 0. The molecule has 0 aliphatic carbocycles. The SMILES string of the molecule is [Ir].[c-]1ccccc1-c1cn2ccccc2n1. The average Bonchev–Trinajstić information content (AvgIpc) is 2.74. The summed E-state index contributed by atoms with van der Waals surface area (Å²) in [5.74, 6) is 0. The molecule has 0 saturated heterocycles. The third-order valence-corrected chi connectivity index (χ3v) is 2.35. The largest absolute Gasteiger partial charge is 0.316 e. The normalized spacial score (nSPS) is 10.0. The number of imidazole rings is 1. The Kier molecular flexibility index (Phi) is 3.18. The van der Waals surface area contributed by atoms with E-state index in [9.17, 15) is 0 Å². The van der Waals surface area contributed by atoms with Crippen molar-refractivity contribution in [2.24, 2.45) is 0 Å². The van der Waals surface area contributed by atoms with E-state index in [0.717, 1.165) is 16.9 Å². The zero-order valence-electron chi connectivity index (χ0n) is 8.42. The van der Waals surface area contributed by atoms with Crippen LogP contribution < -0.4 is 0 Å². The summed E-state index contributed by atoms with van der Waals surface area (Å²) in [4.78, 5) is 4.51. The number of hydrogen-bond acceptors (Lipinski definition) is 1. The van der Waals surface area contributed by atoms with Crippen molar-refractivity contribution in [2.75, 3.05) is 0 Å². The fourth-order valence-corrected chi connectivity index (χ4v) is 1.62. The minimum atomic E-state index is 0. The van der Waals surface area contributed by atoms with E-state index in [-0.39, 0.29) is 20.1 Å². The molecule has 0 N–H and O–H groups in total. The predicted molar refractivity (Wildman–Crippen MR) is 59.5 cm³/mol. The molecule has 0 spiro atoms. The number of rotatable bonds is 1. The van der Waals surface area contributed by atoms with Gasteiger partial charge in [-0.1, -0.05) is 6.07 Å². The summed E-state index contributed by atoms with van der Waals surface area (Å²) in [5.41, 5.74) is 2.95. The van der Waals surface area contributed by atoms with Gasteiger partial charge >= 0.3 is 0 Å². The zero-order chi connectivity index (χ0) is 10.1. The number of pyridine rings is 1. The third-order valence-electron chi connectivity index (χ3n) is 2.35. The summed E-state index contributed by atoms with van der Waals surface area (Å²) in [7, 11) is 0. The van der Waals surface area contributed by atoms with Gasteiger partial charge in [-0.2, -0.15) is 0 Å². The number of nitrogens with zero attached hydrogens (tertiary/aromatic N) is 2. The molecule has 1 radical (unpaired) electrons. The first-order valence-electron chi connectivity index (χ1n) is 4.84. The number of fused-ring (bicyclic) bond motifs is 1. The van der Waals surface area contributed by atoms with E-state index in [4.69, 9.17) is 0 Å². The first-order valence-corrected chi connectivity index (χ1v) is 4.84. The van der Waals surface area contributed by atoms with Crippen molar-refractivity contribution in [1.29, 1.82) is 0 Å². The van der Waals surface area contributed by atoms with E-state index in [1.165, 1.54) is 0 Å². The van der Waals surface area contributed by atoms with Crippen molar-refractivity contribution in [1.82, 2.24) is 9.38 Å². The molecule has 3 aromatic rings. The van der Waals surface area contributed by atoms with Crippen LogP contribution >= 0.6 is 0 Å². The van der Waals surface area contributed by atoms with E-state index in [1.54, 1.807) is 0 Å². The van der Waals surface area contributed by atoms with Crippen molar-refractivity contribution in [3.8, 4) is 11.3 Å². The molecule has 2 heterocycles. The van der Waals surface area contributed by atoms with E-state index >= 15 is 0 Å². The van der Waals surface area contributed by atoms with Crippen molar-refractivity contribution in [3.05, 3.63) is 60.9 Å². The Balaban J connectivity index is 0.000000963. The third kappa shape index (κ3) is 1.92. The molecule has 81 valence electrons. The Morgan fingerprint density at radius 3 is 2.69 bits per heavy atom. The van der Waals surface area contributed by atoms with Crippen LogP contribution in [-0.4, -0.2) is 9.38 Å². The summed E-state index contributed by atoms with van der Waals surface area (Å²) in [6.07, 6.45) is 4.01. The molecule has 2 aromatic heterocycles. The Labute approximate surface area is 107 Å². The first-order chi connectivity index (χ1) is 7.43. The first kappa shape index (κ1) is 11.1. The maximum atomic E-state index is 4.51. The topological polar surface area (TPSA) is 17.3 Å². The standard InChI is InChI=1S/C13H9N2.Ir/c1-2-6-11(7-3-1)12-10-15-9-5-4-8-13(15)14-12;/h1-6,8-10H;/q-1;. The maximum absolute atomic E-state index is 4.51. The van der Waals surface area contributed by atoms with Gasteiger partial charge in [0.1, 0.15) is 5.65 Å². The van der Waals surface area contributed by atoms with Crippen LogP contribution in [0.25, 0.3) is 16.9 Å². The summed E-state index contributed by atoms with van der Waals surface area (Å²) in [6.45, 7) is 0. The van der Waals surface area contributed by atoms with Crippen LogP contribution in [0.15, 0.2) is 54.9 Å². The van der Waals surface area contributed by atoms with Crippen LogP contribution in [0, 0.1) is 6.07 Å². The second-order valence-electron chi connectivity index (χ2n) is 3.37. The fraction of sp³-hybridized carbons (Fsp3) is 0. The van der Waals surface area contributed by atoms with Crippen molar-refractivity contribution in [3.63, 3.8) is 0 Å². The van der Waals surface area contributed by atoms with Crippen LogP contribution in [0.2, 0.25) is 0 Å². The predicted octanol–water partition coefficient (Wildman–Crippen LogP) is 2.80. The number of benzene rings is 1. The van der Waals surface area contributed by atoms with E-state index < -0.39 is 0 Å². The quantitative estimate of drug-likeness (QED) is 0.589. The molecular weight excluding hydrogens is 376 g/mol. The molecule has 1 aromatic carbocycles. The second-order valence-corrected chi connectivity index (χ2v) is 3.37. The van der Waals surface area contributed by atoms with E-state index in [1.807, 2.05) is 59.3 Å². The molecule has 3 rings (SSSR count). The fourth-order valence-electron chi connectivity index (χ4n) is 1.62. The van der Waals surface area contributed by atoms with Crippen LogP contribution in [-0.2, 0) is 20.1 Å². The van der Waals surface area contributed by atoms with Gasteiger partial charge in [-0.15, -0.1) is 35.9 Å². The molecule has 2 nitrogen and oxygen atoms in total. The Bertz CT molecular complexity index is 554. The molecule has 0 saturated carbocycles. The van der Waals surface area contributed by atoms with Gasteiger partial charge in [0.15, 0.2) is 0 Å². The molecule has 0 atom stereocenters. The van der Waals surface area contributed by atoms with Crippen molar-refractivity contribution >= 4 is 5.65 Å². The summed E-state index contributed by atoms with van der Waals surface area (Å²) >= 11 is 0. The van der Waals surface area contributed by atoms with E-state index in [2.05, 4.69) is 11.1 Å². The van der Waals surface area contributed by atoms with Crippen LogP contribution in [0.4, 0.5) is 0 Å². The van der Waals surface area contributed by atoms with Crippen LogP contribution in [0.1, 0.15) is 0 Å².